The number of nitrogens with zero attached hydrogens (tertiary/aromatic N) is 2. The number of hydrogen-bond donors (Lipinski definition) is 2. The number of anilines is 2. The monoisotopic (exact) mass is 250 g/mol. The Morgan fingerprint density at radius 1 is 1.11 bits per heavy atom. The van der Waals surface area contributed by atoms with E-state index in [1.807, 2.05) is 13.0 Å². The van der Waals surface area contributed by atoms with Crippen LogP contribution in [0.15, 0.2) is 6.07 Å². The van der Waals surface area contributed by atoms with E-state index in [4.69, 9.17) is 0 Å². The minimum Gasteiger partial charge on any atom is -0.370 e. The van der Waals surface area contributed by atoms with Crippen molar-refractivity contribution in [3.8, 4) is 0 Å². The van der Waals surface area contributed by atoms with Crippen LogP contribution in [0.4, 0.5) is 11.6 Å². The Morgan fingerprint density at radius 2 is 1.83 bits per heavy atom. The summed E-state index contributed by atoms with van der Waals surface area (Å²) in [4.78, 5) is 8.84. The second-order valence-electron chi connectivity index (χ2n) is 4.65. The van der Waals surface area contributed by atoms with Gasteiger partial charge in [-0.1, -0.05) is 27.2 Å². The molecule has 4 nitrogen and oxygen atoms in total. The lowest BCUT2D eigenvalue weighted by molar-refractivity contribution is 0.620. The zero-order valence-electron chi connectivity index (χ0n) is 12.1. The first-order valence-electron chi connectivity index (χ1n) is 7.05. The average molecular weight is 250 g/mol. The molecule has 0 saturated carbocycles. The number of nitrogens with one attached hydrogen (secondary N) is 2. The fourth-order valence-corrected chi connectivity index (χ4v) is 1.92. The van der Waals surface area contributed by atoms with Gasteiger partial charge in [-0.25, -0.2) is 9.97 Å². The van der Waals surface area contributed by atoms with Crippen LogP contribution in [-0.2, 0) is 0 Å². The molecule has 1 aromatic heterocycles. The van der Waals surface area contributed by atoms with Crippen LogP contribution in [0.2, 0.25) is 0 Å². The summed E-state index contributed by atoms with van der Waals surface area (Å²) in [6, 6.07) is 2.50. The lowest BCUT2D eigenvalue weighted by Gasteiger charge is -2.17. The van der Waals surface area contributed by atoms with Gasteiger partial charge in [0, 0.05) is 18.7 Å². The van der Waals surface area contributed by atoms with E-state index in [1.54, 1.807) is 0 Å². The van der Waals surface area contributed by atoms with Gasteiger partial charge in [-0.05, 0) is 26.2 Å². The molecule has 1 aromatic rings. The molecule has 0 aromatic carbocycles. The molecule has 1 unspecified atom stereocenters. The first-order chi connectivity index (χ1) is 8.69. The number of aromatic nitrogens is 2. The van der Waals surface area contributed by atoms with Gasteiger partial charge in [0.2, 0.25) is 0 Å². The molecule has 0 fully saturated rings. The molecule has 102 valence electrons. The van der Waals surface area contributed by atoms with Crippen molar-refractivity contribution in [1.82, 2.24) is 9.97 Å². The van der Waals surface area contributed by atoms with Crippen LogP contribution >= 0.6 is 0 Å². The first-order valence-corrected chi connectivity index (χ1v) is 7.05. The molecule has 0 radical (unpaired) electrons. The summed E-state index contributed by atoms with van der Waals surface area (Å²) in [5, 5.41) is 6.80. The van der Waals surface area contributed by atoms with E-state index in [1.165, 1.54) is 12.8 Å². The molecule has 0 spiro atoms. The summed E-state index contributed by atoms with van der Waals surface area (Å²) in [5.74, 6) is 2.66. The lowest BCUT2D eigenvalue weighted by atomic mass is 10.1. The van der Waals surface area contributed by atoms with Crippen molar-refractivity contribution in [1.29, 1.82) is 0 Å². The van der Waals surface area contributed by atoms with Crippen molar-refractivity contribution in [2.24, 2.45) is 0 Å². The Kier molecular flexibility index (Phi) is 6.47. The molecule has 2 N–H and O–H groups in total. The Bertz CT molecular complexity index is 352. The molecule has 0 aliphatic heterocycles. The SMILES string of the molecule is CCCNc1cc(NC(CC)CCC)nc(C)n1. The maximum atomic E-state index is 4.45. The van der Waals surface area contributed by atoms with E-state index in [9.17, 15) is 0 Å². The minimum atomic E-state index is 0.503. The Morgan fingerprint density at radius 3 is 2.44 bits per heavy atom. The molecule has 0 aliphatic carbocycles. The Balaban J connectivity index is 2.71. The highest BCUT2D eigenvalue weighted by atomic mass is 15.1. The van der Waals surface area contributed by atoms with Crippen molar-refractivity contribution in [3.05, 3.63) is 11.9 Å². The van der Waals surface area contributed by atoms with Gasteiger partial charge in [-0.2, -0.15) is 0 Å². The number of aryl methyl sites for hydroxylation is 1. The quantitative estimate of drug-likeness (QED) is 0.740. The highest BCUT2D eigenvalue weighted by Crippen LogP contribution is 2.14. The largest absolute Gasteiger partial charge is 0.370 e. The van der Waals surface area contributed by atoms with E-state index in [-0.39, 0.29) is 0 Å². The van der Waals surface area contributed by atoms with Crippen LogP contribution in [0.25, 0.3) is 0 Å². The highest BCUT2D eigenvalue weighted by molar-refractivity contribution is 5.47. The number of rotatable bonds is 8. The molecule has 1 rings (SSSR count). The van der Waals surface area contributed by atoms with Crippen molar-refractivity contribution in [2.45, 2.75) is 59.4 Å². The zero-order valence-corrected chi connectivity index (χ0v) is 12.1. The Labute approximate surface area is 111 Å². The fourth-order valence-electron chi connectivity index (χ4n) is 1.92. The summed E-state index contributed by atoms with van der Waals surface area (Å²) in [6.07, 6.45) is 4.58. The van der Waals surface area contributed by atoms with Gasteiger partial charge in [0.25, 0.3) is 0 Å². The van der Waals surface area contributed by atoms with E-state index in [2.05, 4.69) is 41.4 Å². The molecule has 0 saturated heterocycles. The van der Waals surface area contributed by atoms with Gasteiger partial charge in [-0.15, -0.1) is 0 Å². The van der Waals surface area contributed by atoms with Crippen LogP contribution in [0.5, 0.6) is 0 Å². The normalized spacial score (nSPS) is 12.2. The van der Waals surface area contributed by atoms with Crippen molar-refractivity contribution in [3.63, 3.8) is 0 Å². The summed E-state index contributed by atoms with van der Waals surface area (Å²) < 4.78 is 0. The van der Waals surface area contributed by atoms with Gasteiger partial charge in [0.05, 0.1) is 0 Å². The standard InChI is InChI=1S/C14H26N4/c1-5-8-12(7-3)18-14-10-13(15-9-6-2)16-11(4)17-14/h10,12H,5-9H2,1-4H3,(H2,15,16,17,18). The van der Waals surface area contributed by atoms with Gasteiger partial charge in [-0.3, -0.25) is 0 Å². The van der Waals surface area contributed by atoms with Gasteiger partial charge >= 0.3 is 0 Å². The second-order valence-corrected chi connectivity index (χ2v) is 4.65. The smallest absolute Gasteiger partial charge is 0.132 e. The van der Waals surface area contributed by atoms with Crippen molar-refractivity contribution in [2.75, 3.05) is 17.2 Å². The minimum absolute atomic E-state index is 0.503. The molecule has 4 heteroatoms. The molecule has 0 bridgehead atoms. The maximum absolute atomic E-state index is 4.45. The zero-order chi connectivity index (χ0) is 13.4. The lowest BCUT2D eigenvalue weighted by Crippen LogP contribution is -2.19. The predicted molar refractivity (Wildman–Crippen MR) is 78.2 cm³/mol. The molecular formula is C14H26N4. The van der Waals surface area contributed by atoms with Gasteiger partial charge in [0.1, 0.15) is 17.5 Å². The van der Waals surface area contributed by atoms with Crippen LogP contribution in [-0.4, -0.2) is 22.6 Å². The van der Waals surface area contributed by atoms with E-state index < -0.39 is 0 Å². The van der Waals surface area contributed by atoms with Gasteiger partial charge in [0.15, 0.2) is 0 Å². The number of hydrogen-bond acceptors (Lipinski definition) is 4. The topological polar surface area (TPSA) is 49.8 Å². The maximum Gasteiger partial charge on any atom is 0.132 e. The Hall–Kier alpha value is -1.32. The second kappa shape index (κ2) is 7.90. The average Bonchev–Trinajstić information content (AvgIpc) is 2.35. The third kappa shape index (κ3) is 4.90. The summed E-state index contributed by atoms with van der Waals surface area (Å²) >= 11 is 0. The van der Waals surface area contributed by atoms with Crippen molar-refractivity contribution < 1.29 is 0 Å². The van der Waals surface area contributed by atoms with Crippen LogP contribution in [0.3, 0.4) is 0 Å². The molecule has 0 amide bonds. The van der Waals surface area contributed by atoms with E-state index in [0.29, 0.717) is 6.04 Å². The summed E-state index contributed by atoms with van der Waals surface area (Å²) in [6.45, 7) is 9.45. The van der Waals surface area contributed by atoms with Crippen LogP contribution in [0, 0.1) is 6.92 Å². The van der Waals surface area contributed by atoms with Gasteiger partial charge < -0.3 is 10.6 Å². The molecule has 18 heavy (non-hydrogen) atoms. The third-order valence-corrected chi connectivity index (χ3v) is 2.88. The van der Waals surface area contributed by atoms with E-state index in [0.717, 1.165) is 36.8 Å². The molecule has 1 atom stereocenters. The van der Waals surface area contributed by atoms with Crippen LogP contribution in [0.1, 0.15) is 52.3 Å². The highest BCUT2D eigenvalue weighted by Gasteiger charge is 2.07. The summed E-state index contributed by atoms with van der Waals surface area (Å²) in [7, 11) is 0. The van der Waals surface area contributed by atoms with Crippen LogP contribution < -0.4 is 10.6 Å². The summed E-state index contributed by atoms with van der Waals surface area (Å²) in [5.41, 5.74) is 0. The third-order valence-electron chi connectivity index (χ3n) is 2.88. The molecular weight excluding hydrogens is 224 g/mol. The van der Waals surface area contributed by atoms with Crippen molar-refractivity contribution >= 4 is 11.6 Å². The predicted octanol–water partition coefficient (Wildman–Crippen LogP) is 3.60. The molecule has 1 heterocycles. The first kappa shape index (κ1) is 14.7. The molecule has 0 aliphatic rings. The fraction of sp³-hybridized carbons (Fsp3) is 0.714. The van der Waals surface area contributed by atoms with E-state index >= 15 is 0 Å².